The summed E-state index contributed by atoms with van der Waals surface area (Å²) in [7, 11) is 0. The molecule has 61 heavy (non-hydrogen) atoms. The second-order valence-electron chi connectivity index (χ2n) is 17.1. The summed E-state index contributed by atoms with van der Waals surface area (Å²) in [6.07, 6.45) is 42.1. The highest BCUT2D eigenvalue weighted by Gasteiger charge is 2.32. The number of aromatic nitrogens is 4. The summed E-state index contributed by atoms with van der Waals surface area (Å²) in [6.45, 7) is 0. The highest BCUT2D eigenvalue weighted by Crippen LogP contribution is 2.46. The number of benzene rings is 3. The van der Waals surface area contributed by atoms with Crippen LogP contribution in [0.3, 0.4) is 0 Å². The first-order valence-electron chi connectivity index (χ1n) is 22.4. The predicted molar refractivity (Wildman–Crippen MR) is 253 cm³/mol. The number of pyridine rings is 1. The third kappa shape index (κ3) is 7.24. The van der Waals surface area contributed by atoms with Crippen LogP contribution in [0.5, 0.6) is 0 Å². The van der Waals surface area contributed by atoms with Gasteiger partial charge in [0.1, 0.15) is 0 Å². The summed E-state index contributed by atoms with van der Waals surface area (Å²) < 4.78 is 2.37. The molecule has 0 saturated heterocycles. The van der Waals surface area contributed by atoms with E-state index < -0.39 is 0 Å². The van der Waals surface area contributed by atoms with Gasteiger partial charge in [-0.1, -0.05) is 164 Å². The number of aryl methyl sites for hydroxylation is 1. The van der Waals surface area contributed by atoms with Crippen molar-refractivity contribution in [1.82, 2.24) is 19.6 Å². The Hall–Kier alpha value is -6.65. The molecule has 5 aliphatic rings. The van der Waals surface area contributed by atoms with Crippen molar-refractivity contribution in [2.45, 2.75) is 69.6 Å². The second-order valence-corrected chi connectivity index (χ2v) is 17.1. The van der Waals surface area contributed by atoms with Gasteiger partial charge >= 0.3 is 0 Å². The molecule has 298 valence electrons. The fourth-order valence-electron chi connectivity index (χ4n) is 10.2. The van der Waals surface area contributed by atoms with Gasteiger partial charge in [-0.25, -0.2) is 14.5 Å². The first-order valence-corrected chi connectivity index (χ1v) is 22.4. The minimum Gasteiger partial charge on any atom is -0.236 e. The molecule has 6 aromatic rings. The van der Waals surface area contributed by atoms with Gasteiger partial charge in [0.2, 0.25) is 0 Å². The van der Waals surface area contributed by atoms with Crippen LogP contribution in [-0.2, 0) is 6.42 Å². The molecule has 4 heteroatoms. The van der Waals surface area contributed by atoms with Crippen molar-refractivity contribution in [3.05, 3.63) is 210 Å². The molecule has 3 aromatic heterocycles. The molecule has 3 heterocycles. The molecule has 0 N–H and O–H groups in total. The monoisotopic (exact) mass is 790 g/mol. The van der Waals surface area contributed by atoms with Gasteiger partial charge in [0, 0.05) is 28.9 Å². The Kier molecular flexibility index (Phi) is 10.1. The van der Waals surface area contributed by atoms with Crippen LogP contribution in [0.2, 0.25) is 0 Å². The lowest BCUT2D eigenvalue weighted by Gasteiger charge is -2.31. The van der Waals surface area contributed by atoms with Gasteiger partial charge in [0.25, 0.3) is 0 Å². The lowest BCUT2D eigenvalue weighted by Crippen LogP contribution is -2.19. The van der Waals surface area contributed by atoms with E-state index in [-0.39, 0.29) is 11.8 Å². The summed E-state index contributed by atoms with van der Waals surface area (Å²) >= 11 is 0. The lowest BCUT2D eigenvalue weighted by molar-refractivity contribution is 0.569. The largest absolute Gasteiger partial charge is 0.236 e. The van der Waals surface area contributed by atoms with Gasteiger partial charge in [-0.15, -0.1) is 0 Å². The summed E-state index contributed by atoms with van der Waals surface area (Å²) in [5.41, 5.74) is 18.8. The maximum absolute atomic E-state index is 5.28. The molecule has 0 amide bonds. The third-order valence-corrected chi connectivity index (χ3v) is 13.4. The Morgan fingerprint density at radius 3 is 2.18 bits per heavy atom. The minimum absolute atomic E-state index is 0.255. The summed E-state index contributed by atoms with van der Waals surface area (Å²) in [4.78, 5) is 10.5. The molecule has 3 atom stereocenters. The summed E-state index contributed by atoms with van der Waals surface area (Å²) in [6, 6.07) is 32.4. The molecule has 0 bridgehead atoms. The van der Waals surface area contributed by atoms with Crippen LogP contribution >= 0.6 is 0 Å². The van der Waals surface area contributed by atoms with E-state index in [1.165, 1.54) is 66.9 Å². The number of nitrogens with zero attached hydrogens (tertiary/aromatic N) is 4. The number of hydrogen-bond acceptors (Lipinski definition) is 3. The van der Waals surface area contributed by atoms with E-state index in [1.54, 1.807) is 0 Å². The van der Waals surface area contributed by atoms with E-state index in [4.69, 9.17) is 15.1 Å². The Balaban J connectivity index is 0.909. The highest BCUT2D eigenvalue weighted by atomic mass is 15.2. The fourth-order valence-corrected chi connectivity index (χ4v) is 10.2. The van der Waals surface area contributed by atoms with Crippen molar-refractivity contribution in [3.63, 3.8) is 0 Å². The van der Waals surface area contributed by atoms with Gasteiger partial charge in [0.15, 0.2) is 5.82 Å². The highest BCUT2D eigenvalue weighted by molar-refractivity contribution is 5.87. The van der Waals surface area contributed by atoms with E-state index in [0.717, 1.165) is 80.6 Å². The van der Waals surface area contributed by atoms with Crippen LogP contribution < -0.4 is 0 Å². The number of rotatable bonds is 8. The van der Waals surface area contributed by atoms with Crippen molar-refractivity contribution < 1.29 is 0 Å². The maximum atomic E-state index is 5.28. The average Bonchev–Trinajstić information content (AvgIpc) is 3.80. The zero-order valence-corrected chi connectivity index (χ0v) is 34.6. The minimum atomic E-state index is 0.255. The Bertz CT molecular complexity index is 2880. The zero-order chi connectivity index (χ0) is 40.5. The quantitative estimate of drug-likeness (QED) is 0.144. The van der Waals surface area contributed by atoms with E-state index in [9.17, 15) is 0 Å². The molecule has 0 radical (unpaired) electrons. The number of allylic oxidation sites excluding steroid dienone is 15. The molecule has 0 spiro atoms. The topological polar surface area (TPSA) is 43.1 Å². The predicted octanol–water partition coefficient (Wildman–Crippen LogP) is 14.3. The Labute approximate surface area is 359 Å². The Morgan fingerprint density at radius 2 is 1.41 bits per heavy atom. The van der Waals surface area contributed by atoms with Crippen LogP contribution in [0.25, 0.3) is 56.3 Å². The fraction of sp³-hybridized carbons (Fsp3) is 0.211. The number of hydrogen-bond donors (Lipinski definition) is 0. The standard InChI is InChI=1S/C57H50N4/c1-5-16-39(17-6-1)40-28-32-44(33-29-40)53-37-52(43-20-9-3-10-21-43)59-57(60-53)48-25-15-24-47(36-48)41-30-34-45(35-31-41)54-49-26-13-14-27-50(49)56-51(42-18-7-2-8-19-42)38-58-61(56)55(54)46-22-11-4-12-23-46/h1-2,4-9,11,13,15-21,24-26,28-34,37-38,45-47H,3,10,12,14,22-23,27,35-36H2. The molecule has 0 saturated carbocycles. The van der Waals surface area contributed by atoms with E-state index in [2.05, 4.69) is 181 Å². The second kappa shape index (κ2) is 16.4. The molecule has 0 aliphatic heterocycles. The first-order chi connectivity index (χ1) is 30.2. The van der Waals surface area contributed by atoms with Gasteiger partial charge < -0.3 is 0 Å². The molecule has 3 aromatic carbocycles. The van der Waals surface area contributed by atoms with Crippen LogP contribution in [0.1, 0.15) is 97.1 Å². The smallest absolute Gasteiger partial charge is 0.156 e. The first kappa shape index (κ1) is 37.4. The van der Waals surface area contributed by atoms with Gasteiger partial charge in [0.05, 0.1) is 28.8 Å². The van der Waals surface area contributed by atoms with Crippen molar-refractivity contribution in [2.75, 3.05) is 0 Å². The maximum Gasteiger partial charge on any atom is 0.156 e. The molecule has 0 fully saturated rings. The van der Waals surface area contributed by atoms with Crippen molar-refractivity contribution in [1.29, 1.82) is 0 Å². The van der Waals surface area contributed by atoms with Crippen molar-refractivity contribution in [2.24, 2.45) is 5.92 Å². The summed E-state index contributed by atoms with van der Waals surface area (Å²) in [5, 5.41) is 5.23. The van der Waals surface area contributed by atoms with Crippen LogP contribution in [-0.4, -0.2) is 19.6 Å². The molecular formula is C57H50N4. The molecular weight excluding hydrogens is 741 g/mol. The van der Waals surface area contributed by atoms with Crippen LogP contribution in [0.4, 0.5) is 0 Å². The van der Waals surface area contributed by atoms with E-state index in [0.29, 0.717) is 5.92 Å². The number of fused-ring (bicyclic) bond motifs is 3. The molecule has 11 rings (SSSR count). The molecule has 3 unspecified atom stereocenters. The SMILES string of the molecule is C1=CC(C2=CCC(c3c4c(c5c(-c6ccccc6)cnn5c3C3CC=CCC3)CCC=C4)C=C2)CC(c2nc(C3=CCCC=C3)cc(-c3ccc(-c4ccccc4)cc3)n2)=C1. The van der Waals surface area contributed by atoms with E-state index >= 15 is 0 Å². The lowest BCUT2D eigenvalue weighted by atomic mass is 9.76. The normalized spacial score (nSPS) is 20.7. The Morgan fingerprint density at radius 1 is 0.623 bits per heavy atom. The summed E-state index contributed by atoms with van der Waals surface area (Å²) in [5.74, 6) is 1.79. The zero-order valence-electron chi connectivity index (χ0n) is 34.6. The average molecular weight is 791 g/mol. The van der Waals surface area contributed by atoms with Crippen LogP contribution in [0, 0.1) is 5.92 Å². The van der Waals surface area contributed by atoms with Gasteiger partial charge in [-0.2, -0.15) is 5.10 Å². The third-order valence-electron chi connectivity index (χ3n) is 13.4. The molecule has 5 aliphatic carbocycles. The van der Waals surface area contributed by atoms with Gasteiger partial charge in [-0.05, 0) is 114 Å². The van der Waals surface area contributed by atoms with Crippen LogP contribution in [0.15, 0.2) is 176 Å². The van der Waals surface area contributed by atoms with Crippen molar-refractivity contribution in [3.8, 4) is 33.5 Å². The van der Waals surface area contributed by atoms with E-state index in [1.807, 2.05) is 0 Å². The van der Waals surface area contributed by atoms with Gasteiger partial charge in [-0.3, -0.25) is 0 Å². The van der Waals surface area contributed by atoms with Crippen molar-refractivity contribution >= 4 is 22.7 Å². The molecule has 4 nitrogen and oxygen atoms in total.